The van der Waals surface area contributed by atoms with Gasteiger partial charge in [-0.1, -0.05) is 41.5 Å². The first-order chi connectivity index (χ1) is 7.75. The first-order valence-corrected chi connectivity index (χ1v) is 6.15. The summed E-state index contributed by atoms with van der Waals surface area (Å²) in [7, 11) is 2.22. The van der Waals surface area contributed by atoms with Crippen LogP contribution in [0.15, 0.2) is 41.5 Å². The van der Waals surface area contributed by atoms with E-state index in [1.165, 1.54) is 37.9 Å². The fourth-order valence-electron chi connectivity index (χ4n) is 2.31. The van der Waals surface area contributed by atoms with Crippen LogP contribution >= 0.6 is 0 Å². The van der Waals surface area contributed by atoms with E-state index in [2.05, 4.69) is 49.2 Å². The van der Waals surface area contributed by atoms with Gasteiger partial charge in [-0.2, -0.15) is 0 Å². The third-order valence-electron chi connectivity index (χ3n) is 3.49. The van der Waals surface area contributed by atoms with Crippen LogP contribution in [0.3, 0.4) is 0 Å². The highest BCUT2D eigenvalue weighted by Crippen LogP contribution is 2.20. The van der Waals surface area contributed by atoms with Crippen molar-refractivity contribution < 1.29 is 0 Å². The van der Waals surface area contributed by atoms with E-state index in [-0.39, 0.29) is 0 Å². The molecule has 0 aliphatic carbocycles. The van der Waals surface area contributed by atoms with Gasteiger partial charge >= 0.3 is 0 Å². The molecule has 1 nitrogen and oxygen atoms in total. The molecule has 0 saturated carbocycles. The second-order valence-electron chi connectivity index (χ2n) is 4.86. The highest BCUT2D eigenvalue weighted by atomic mass is 15.1. The molecule has 1 heterocycles. The number of benzene rings is 1. The Kier molecular flexibility index (Phi) is 3.79. The average molecular weight is 215 g/mol. The Morgan fingerprint density at radius 3 is 2.62 bits per heavy atom. The van der Waals surface area contributed by atoms with Crippen LogP contribution in [-0.2, 0) is 6.42 Å². The van der Waals surface area contributed by atoms with Gasteiger partial charge in [0, 0.05) is 13.1 Å². The second kappa shape index (κ2) is 5.31. The Morgan fingerprint density at radius 1 is 1.12 bits per heavy atom. The Labute approximate surface area is 98.8 Å². The van der Waals surface area contributed by atoms with Gasteiger partial charge in [-0.15, -0.1) is 0 Å². The van der Waals surface area contributed by atoms with Crippen LogP contribution in [0.5, 0.6) is 0 Å². The average Bonchev–Trinajstić information content (AvgIpc) is 2.32. The molecule has 1 heteroatoms. The topological polar surface area (TPSA) is 3.24 Å². The minimum Gasteiger partial charge on any atom is -0.302 e. The number of aryl methyl sites for hydroxylation is 1. The lowest BCUT2D eigenvalue weighted by atomic mass is 9.96. The SMILES string of the molecule is CC1=C(CCc2ccccc2)CN(C)CC1. The third-order valence-corrected chi connectivity index (χ3v) is 3.49. The summed E-state index contributed by atoms with van der Waals surface area (Å²) in [4.78, 5) is 2.42. The quantitative estimate of drug-likeness (QED) is 0.699. The predicted octanol–water partition coefficient (Wildman–Crippen LogP) is 3.27. The van der Waals surface area contributed by atoms with Crippen molar-refractivity contribution in [2.75, 3.05) is 20.1 Å². The maximum atomic E-state index is 2.42. The molecular weight excluding hydrogens is 194 g/mol. The number of hydrogen-bond donors (Lipinski definition) is 0. The number of nitrogens with zero attached hydrogens (tertiary/aromatic N) is 1. The summed E-state index contributed by atoms with van der Waals surface area (Å²) in [5.74, 6) is 0. The van der Waals surface area contributed by atoms with Gasteiger partial charge in [-0.3, -0.25) is 0 Å². The molecule has 0 aromatic heterocycles. The van der Waals surface area contributed by atoms with Gasteiger partial charge in [0.25, 0.3) is 0 Å². The van der Waals surface area contributed by atoms with Gasteiger partial charge < -0.3 is 4.90 Å². The first kappa shape index (κ1) is 11.4. The van der Waals surface area contributed by atoms with Crippen molar-refractivity contribution in [3.8, 4) is 0 Å². The van der Waals surface area contributed by atoms with Crippen LogP contribution in [0.25, 0.3) is 0 Å². The smallest absolute Gasteiger partial charge is 0.0192 e. The van der Waals surface area contributed by atoms with Crippen molar-refractivity contribution in [2.45, 2.75) is 26.2 Å². The zero-order valence-electron chi connectivity index (χ0n) is 10.4. The normalized spacial score (nSPS) is 17.9. The molecule has 0 N–H and O–H groups in total. The zero-order valence-corrected chi connectivity index (χ0v) is 10.4. The lowest BCUT2D eigenvalue weighted by molar-refractivity contribution is 0.343. The molecule has 86 valence electrons. The van der Waals surface area contributed by atoms with Crippen LogP contribution in [0, 0.1) is 0 Å². The molecule has 0 saturated heterocycles. The Bertz CT molecular complexity index is 364. The fraction of sp³-hybridized carbons (Fsp3) is 0.467. The summed E-state index contributed by atoms with van der Waals surface area (Å²) in [6.07, 6.45) is 3.65. The van der Waals surface area contributed by atoms with Crippen molar-refractivity contribution in [3.05, 3.63) is 47.0 Å². The van der Waals surface area contributed by atoms with Gasteiger partial charge in [0.15, 0.2) is 0 Å². The molecule has 0 amide bonds. The molecule has 1 aromatic carbocycles. The largest absolute Gasteiger partial charge is 0.302 e. The molecule has 16 heavy (non-hydrogen) atoms. The Morgan fingerprint density at radius 2 is 1.88 bits per heavy atom. The van der Waals surface area contributed by atoms with Crippen LogP contribution in [-0.4, -0.2) is 25.0 Å². The minimum atomic E-state index is 1.17. The van der Waals surface area contributed by atoms with Gasteiger partial charge in [0.1, 0.15) is 0 Å². The van der Waals surface area contributed by atoms with Gasteiger partial charge in [-0.05, 0) is 38.8 Å². The van der Waals surface area contributed by atoms with E-state index in [9.17, 15) is 0 Å². The number of rotatable bonds is 3. The molecule has 0 radical (unpaired) electrons. The molecule has 0 unspecified atom stereocenters. The standard InChI is InChI=1S/C15H21N/c1-13-10-11-16(2)12-15(13)9-8-14-6-4-3-5-7-14/h3-7H,8-12H2,1-2H3. The van der Waals surface area contributed by atoms with Crippen LogP contribution in [0.1, 0.15) is 25.3 Å². The summed E-state index contributed by atoms with van der Waals surface area (Å²) >= 11 is 0. The van der Waals surface area contributed by atoms with E-state index >= 15 is 0 Å². The maximum absolute atomic E-state index is 2.42. The van der Waals surface area contributed by atoms with Gasteiger partial charge in [-0.25, -0.2) is 0 Å². The zero-order chi connectivity index (χ0) is 11.4. The Balaban J connectivity index is 1.95. The van der Waals surface area contributed by atoms with E-state index in [4.69, 9.17) is 0 Å². The van der Waals surface area contributed by atoms with Crippen molar-refractivity contribution in [3.63, 3.8) is 0 Å². The number of hydrogen-bond acceptors (Lipinski definition) is 1. The highest BCUT2D eigenvalue weighted by Gasteiger charge is 2.12. The summed E-state index contributed by atoms with van der Waals surface area (Å²) in [5.41, 5.74) is 4.72. The van der Waals surface area contributed by atoms with Crippen molar-refractivity contribution in [1.29, 1.82) is 0 Å². The lowest BCUT2D eigenvalue weighted by Crippen LogP contribution is -2.27. The van der Waals surface area contributed by atoms with Gasteiger partial charge in [0.05, 0.1) is 0 Å². The van der Waals surface area contributed by atoms with E-state index in [0.29, 0.717) is 0 Å². The fourth-order valence-corrected chi connectivity index (χ4v) is 2.31. The summed E-state index contributed by atoms with van der Waals surface area (Å²) in [6, 6.07) is 10.8. The van der Waals surface area contributed by atoms with Crippen LogP contribution in [0.2, 0.25) is 0 Å². The maximum Gasteiger partial charge on any atom is 0.0192 e. The summed E-state index contributed by atoms with van der Waals surface area (Å²) in [6.45, 7) is 4.69. The molecule has 0 spiro atoms. The third kappa shape index (κ3) is 2.96. The van der Waals surface area contributed by atoms with Crippen LogP contribution in [0.4, 0.5) is 0 Å². The van der Waals surface area contributed by atoms with E-state index in [1.54, 1.807) is 11.1 Å². The van der Waals surface area contributed by atoms with E-state index in [0.717, 1.165) is 0 Å². The minimum absolute atomic E-state index is 1.17. The molecule has 2 rings (SSSR count). The monoisotopic (exact) mass is 215 g/mol. The van der Waals surface area contributed by atoms with E-state index < -0.39 is 0 Å². The molecular formula is C15H21N. The molecule has 1 aromatic rings. The molecule has 1 aliphatic heterocycles. The number of likely N-dealkylation sites (N-methyl/N-ethyl adjacent to an activating group) is 1. The highest BCUT2D eigenvalue weighted by molar-refractivity contribution is 5.21. The summed E-state index contributed by atoms with van der Waals surface area (Å²) in [5, 5.41) is 0. The summed E-state index contributed by atoms with van der Waals surface area (Å²) < 4.78 is 0. The molecule has 1 aliphatic rings. The van der Waals surface area contributed by atoms with Crippen molar-refractivity contribution in [1.82, 2.24) is 4.90 Å². The van der Waals surface area contributed by atoms with Crippen molar-refractivity contribution in [2.24, 2.45) is 0 Å². The van der Waals surface area contributed by atoms with E-state index in [1.807, 2.05) is 0 Å². The molecule has 0 atom stereocenters. The second-order valence-corrected chi connectivity index (χ2v) is 4.86. The van der Waals surface area contributed by atoms with Crippen LogP contribution < -0.4 is 0 Å². The van der Waals surface area contributed by atoms with Crippen molar-refractivity contribution >= 4 is 0 Å². The lowest BCUT2D eigenvalue weighted by Gasteiger charge is -2.26. The molecule has 0 fully saturated rings. The first-order valence-electron chi connectivity index (χ1n) is 6.15. The molecule has 0 bridgehead atoms. The van der Waals surface area contributed by atoms with Gasteiger partial charge in [0.2, 0.25) is 0 Å². The predicted molar refractivity (Wildman–Crippen MR) is 69.6 cm³/mol. The Hall–Kier alpha value is -1.08.